The molecule has 0 aliphatic carbocycles. The Kier molecular flexibility index (Phi) is 3.95. The van der Waals surface area contributed by atoms with Gasteiger partial charge in [-0.1, -0.05) is 24.3 Å². The highest BCUT2D eigenvalue weighted by atomic mass is 19.1. The highest BCUT2D eigenvalue weighted by molar-refractivity contribution is 6.09. The molecule has 0 saturated heterocycles. The minimum atomic E-state index is -0.243. The second kappa shape index (κ2) is 6.52. The minimum Gasteiger partial charge on any atom is -0.437 e. The van der Waals surface area contributed by atoms with Crippen molar-refractivity contribution < 1.29 is 13.4 Å². The molecule has 0 spiro atoms. The van der Waals surface area contributed by atoms with Gasteiger partial charge in [-0.2, -0.15) is 0 Å². The summed E-state index contributed by atoms with van der Waals surface area (Å²) in [6, 6.07) is 19.0. The average Bonchev–Trinajstić information content (AvgIpc) is 3.06. The third kappa shape index (κ3) is 2.80. The molecule has 0 amide bonds. The van der Waals surface area contributed by atoms with Crippen LogP contribution in [-0.4, -0.2) is 4.98 Å². The van der Waals surface area contributed by atoms with Gasteiger partial charge < -0.3 is 4.42 Å². The van der Waals surface area contributed by atoms with Crippen molar-refractivity contribution in [3.63, 3.8) is 0 Å². The molecule has 29 heavy (non-hydrogen) atoms. The molecule has 3 nitrogen and oxygen atoms in total. The zero-order valence-corrected chi connectivity index (χ0v) is 16.5. The molecule has 0 aliphatic rings. The molecule has 0 saturated carbocycles. The molecule has 0 bridgehead atoms. The number of rotatable bonds is 2. The van der Waals surface area contributed by atoms with Crippen LogP contribution in [0.2, 0.25) is 0 Å². The molecule has 0 radical (unpaired) electrons. The largest absolute Gasteiger partial charge is 0.437 e. The van der Waals surface area contributed by atoms with Crippen LogP contribution < -0.4 is 4.57 Å². The van der Waals surface area contributed by atoms with E-state index in [-0.39, 0.29) is 5.82 Å². The normalized spacial score (nSPS) is 11.4. The Morgan fingerprint density at radius 1 is 0.897 bits per heavy atom. The molecule has 3 aromatic heterocycles. The number of pyridine rings is 2. The van der Waals surface area contributed by atoms with E-state index in [1.165, 1.54) is 12.1 Å². The first-order chi connectivity index (χ1) is 14.0. The van der Waals surface area contributed by atoms with Crippen LogP contribution in [0.1, 0.15) is 11.3 Å². The van der Waals surface area contributed by atoms with Crippen LogP contribution in [-0.2, 0) is 7.05 Å². The quantitative estimate of drug-likeness (QED) is 0.356. The Morgan fingerprint density at radius 3 is 2.45 bits per heavy atom. The Bertz CT molecular complexity index is 1380. The molecule has 5 aromatic rings. The average molecular weight is 383 g/mol. The first-order valence-corrected chi connectivity index (χ1v) is 9.57. The van der Waals surface area contributed by atoms with E-state index in [0.717, 1.165) is 50.0 Å². The van der Waals surface area contributed by atoms with Gasteiger partial charge in [-0.25, -0.2) is 13.9 Å². The van der Waals surface area contributed by atoms with E-state index in [2.05, 4.69) is 40.7 Å². The summed E-state index contributed by atoms with van der Waals surface area (Å²) >= 11 is 0. The number of aromatic nitrogens is 2. The zero-order valence-electron chi connectivity index (χ0n) is 16.5. The number of fused-ring (bicyclic) bond motifs is 3. The Labute approximate surface area is 168 Å². The van der Waals surface area contributed by atoms with Gasteiger partial charge in [0.2, 0.25) is 11.4 Å². The Balaban J connectivity index is 1.88. The summed E-state index contributed by atoms with van der Waals surface area (Å²) in [4.78, 5) is 4.57. The van der Waals surface area contributed by atoms with E-state index in [1.807, 2.05) is 44.4 Å². The third-order valence-corrected chi connectivity index (χ3v) is 5.43. The topological polar surface area (TPSA) is 29.9 Å². The SMILES string of the molecule is Cc1ccc2c(n1)oc1c(-c3c(-c4ccc(F)cc4)ccc[n+]3C)c(C)ccc12. The molecular weight excluding hydrogens is 363 g/mol. The zero-order chi connectivity index (χ0) is 20.1. The highest BCUT2D eigenvalue weighted by Crippen LogP contribution is 2.39. The lowest BCUT2D eigenvalue weighted by molar-refractivity contribution is -0.659. The standard InChI is InChI=1S/C25H20FN2O/c1-15-6-12-20-21-13-7-16(2)27-25(21)29-24(20)22(15)23-19(5-4-14-28(23)3)17-8-10-18(26)11-9-17/h4-14H,1-3H3/q+1. The van der Waals surface area contributed by atoms with Gasteiger partial charge >= 0.3 is 0 Å². The smallest absolute Gasteiger partial charge is 0.227 e. The van der Waals surface area contributed by atoms with Gasteiger partial charge in [0.1, 0.15) is 12.9 Å². The van der Waals surface area contributed by atoms with E-state index in [0.29, 0.717) is 5.71 Å². The van der Waals surface area contributed by atoms with Crippen LogP contribution in [0.3, 0.4) is 0 Å². The fraction of sp³-hybridized carbons (Fsp3) is 0.120. The number of benzene rings is 2. The lowest BCUT2D eigenvalue weighted by Gasteiger charge is -2.10. The summed E-state index contributed by atoms with van der Waals surface area (Å²) in [7, 11) is 2.02. The molecule has 142 valence electrons. The number of furan rings is 1. The van der Waals surface area contributed by atoms with Gasteiger partial charge in [0.15, 0.2) is 11.8 Å². The molecule has 0 unspecified atom stereocenters. The predicted molar refractivity (Wildman–Crippen MR) is 113 cm³/mol. The van der Waals surface area contributed by atoms with Crippen molar-refractivity contribution in [2.75, 3.05) is 0 Å². The van der Waals surface area contributed by atoms with Crippen molar-refractivity contribution in [1.82, 2.24) is 4.98 Å². The summed E-state index contributed by atoms with van der Waals surface area (Å²) in [5.41, 5.74) is 7.54. The lowest BCUT2D eigenvalue weighted by Crippen LogP contribution is -2.31. The minimum absolute atomic E-state index is 0.243. The molecule has 0 atom stereocenters. The monoisotopic (exact) mass is 383 g/mol. The maximum absolute atomic E-state index is 13.5. The molecule has 4 heteroatoms. The van der Waals surface area contributed by atoms with Gasteiger partial charge in [-0.05, 0) is 55.3 Å². The number of halogens is 1. The fourth-order valence-corrected chi connectivity index (χ4v) is 3.99. The summed E-state index contributed by atoms with van der Waals surface area (Å²) in [6.45, 7) is 4.05. The van der Waals surface area contributed by atoms with Crippen molar-refractivity contribution in [1.29, 1.82) is 0 Å². The third-order valence-electron chi connectivity index (χ3n) is 5.43. The molecule has 5 rings (SSSR count). The summed E-state index contributed by atoms with van der Waals surface area (Å²) in [6.07, 6.45) is 2.02. The van der Waals surface area contributed by atoms with Crippen LogP contribution in [0, 0.1) is 19.7 Å². The van der Waals surface area contributed by atoms with Gasteiger partial charge in [0.25, 0.3) is 0 Å². The van der Waals surface area contributed by atoms with Crippen molar-refractivity contribution in [3.8, 4) is 22.4 Å². The van der Waals surface area contributed by atoms with Crippen LogP contribution in [0.4, 0.5) is 4.39 Å². The molecule has 3 heterocycles. The second-order valence-corrected chi connectivity index (χ2v) is 7.43. The summed E-state index contributed by atoms with van der Waals surface area (Å²) in [5, 5.41) is 2.05. The van der Waals surface area contributed by atoms with Crippen LogP contribution in [0.5, 0.6) is 0 Å². The van der Waals surface area contributed by atoms with Gasteiger partial charge in [-0.15, -0.1) is 0 Å². The van der Waals surface area contributed by atoms with Crippen LogP contribution in [0.15, 0.2) is 71.3 Å². The molecule has 0 N–H and O–H groups in total. The predicted octanol–water partition coefficient (Wildman–Crippen LogP) is 5.90. The highest BCUT2D eigenvalue weighted by Gasteiger charge is 2.24. The van der Waals surface area contributed by atoms with Crippen molar-refractivity contribution in [2.45, 2.75) is 13.8 Å². The Hall–Kier alpha value is -3.53. The Morgan fingerprint density at radius 2 is 1.66 bits per heavy atom. The van der Waals surface area contributed by atoms with E-state index >= 15 is 0 Å². The maximum atomic E-state index is 13.5. The molecular formula is C25H20FN2O+. The van der Waals surface area contributed by atoms with Crippen LogP contribution in [0.25, 0.3) is 44.5 Å². The van der Waals surface area contributed by atoms with Crippen LogP contribution >= 0.6 is 0 Å². The second-order valence-electron chi connectivity index (χ2n) is 7.43. The van der Waals surface area contributed by atoms with Gasteiger partial charge in [-0.3, -0.25) is 0 Å². The maximum Gasteiger partial charge on any atom is 0.227 e. The molecule has 2 aromatic carbocycles. The van der Waals surface area contributed by atoms with Crippen molar-refractivity contribution >= 4 is 22.1 Å². The summed E-state index contributed by atoms with van der Waals surface area (Å²) in [5.74, 6) is -0.243. The van der Waals surface area contributed by atoms with Gasteiger partial charge in [0, 0.05) is 22.5 Å². The number of aryl methyl sites for hydroxylation is 3. The number of hydrogen-bond donors (Lipinski definition) is 0. The molecule has 0 aliphatic heterocycles. The van der Waals surface area contributed by atoms with Crippen molar-refractivity contribution in [2.24, 2.45) is 7.05 Å². The first kappa shape index (κ1) is 17.6. The number of hydrogen-bond acceptors (Lipinski definition) is 2. The first-order valence-electron chi connectivity index (χ1n) is 9.57. The summed E-state index contributed by atoms with van der Waals surface area (Å²) < 4.78 is 21.9. The molecule has 0 fully saturated rings. The van der Waals surface area contributed by atoms with Crippen molar-refractivity contribution in [3.05, 3.63) is 83.9 Å². The van der Waals surface area contributed by atoms with E-state index in [9.17, 15) is 4.39 Å². The van der Waals surface area contributed by atoms with E-state index < -0.39 is 0 Å². The van der Waals surface area contributed by atoms with Gasteiger partial charge in [0.05, 0.1) is 11.1 Å². The fourth-order valence-electron chi connectivity index (χ4n) is 3.99. The lowest BCUT2D eigenvalue weighted by atomic mass is 9.94. The van der Waals surface area contributed by atoms with E-state index in [4.69, 9.17) is 4.42 Å². The number of nitrogens with zero attached hydrogens (tertiary/aromatic N) is 2. The van der Waals surface area contributed by atoms with E-state index in [1.54, 1.807) is 0 Å².